The zero-order valence-corrected chi connectivity index (χ0v) is 11.1. The molecule has 0 aliphatic heterocycles. The van der Waals surface area contributed by atoms with E-state index in [1.165, 1.54) is 13.8 Å². The molecule has 0 spiro atoms. The van der Waals surface area contributed by atoms with Crippen LogP contribution in [0.15, 0.2) is 0 Å². The fraction of sp³-hybridized carbons (Fsp3) is 1.00. The Hall–Kier alpha value is -0.580. The van der Waals surface area contributed by atoms with Crippen LogP contribution in [0.2, 0.25) is 0 Å². The van der Waals surface area contributed by atoms with Gasteiger partial charge in [0.25, 0.3) is 10.1 Å². The van der Waals surface area contributed by atoms with E-state index < -0.39 is 44.0 Å². The summed E-state index contributed by atoms with van der Waals surface area (Å²) in [6, 6.07) is 0. The van der Waals surface area contributed by atoms with Crippen LogP contribution < -0.4 is 0 Å². The number of hydrogen-bond donors (Lipinski definition) is 1. The van der Waals surface area contributed by atoms with Crippen molar-refractivity contribution in [2.24, 2.45) is 0 Å². The predicted molar refractivity (Wildman–Crippen MR) is 61.1 cm³/mol. The average Bonchev–Trinajstić information content (AvgIpc) is 2.14. The van der Waals surface area contributed by atoms with Crippen molar-refractivity contribution in [3.05, 3.63) is 10.1 Å². The lowest BCUT2D eigenvalue weighted by Gasteiger charge is -2.15. The van der Waals surface area contributed by atoms with Gasteiger partial charge < -0.3 is 4.55 Å². The van der Waals surface area contributed by atoms with Crippen LogP contribution in [0, 0.1) is 10.1 Å². The van der Waals surface area contributed by atoms with Gasteiger partial charge in [-0.25, -0.2) is 4.21 Å². The molecule has 1 N–H and O–H groups in total. The van der Waals surface area contributed by atoms with Crippen molar-refractivity contribution < 1.29 is 26.3 Å². The summed E-state index contributed by atoms with van der Waals surface area (Å²) in [4.78, 5) is 9.87. The second-order valence-electron chi connectivity index (χ2n) is 3.97. The van der Waals surface area contributed by atoms with E-state index in [4.69, 9.17) is 4.55 Å². The van der Waals surface area contributed by atoms with E-state index >= 15 is 0 Å². The molecular formula is C7H15NO7S2. The molecule has 0 aromatic heterocycles. The van der Waals surface area contributed by atoms with Gasteiger partial charge in [0, 0.05) is 18.8 Å². The van der Waals surface area contributed by atoms with Gasteiger partial charge in [-0.15, -0.1) is 0 Å². The Morgan fingerprint density at radius 3 is 2.41 bits per heavy atom. The third-order valence-corrected chi connectivity index (χ3v) is 3.70. The van der Waals surface area contributed by atoms with Gasteiger partial charge in [-0.3, -0.25) is 14.3 Å². The lowest BCUT2D eigenvalue weighted by molar-refractivity contribution is -0.562. The van der Waals surface area contributed by atoms with Gasteiger partial charge in [0.2, 0.25) is 5.54 Å². The van der Waals surface area contributed by atoms with Crippen LogP contribution in [0.1, 0.15) is 20.3 Å². The number of nitro groups is 1. The zero-order valence-electron chi connectivity index (χ0n) is 9.49. The van der Waals surface area contributed by atoms with Gasteiger partial charge in [0.15, 0.2) is 11.1 Å². The van der Waals surface area contributed by atoms with Crippen LogP contribution in [0.3, 0.4) is 0 Å². The second-order valence-corrected chi connectivity index (χ2v) is 6.78. The van der Waals surface area contributed by atoms with Gasteiger partial charge >= 0.3 is 0 Å². The van der Waals surface area contributed by atoms with Crippen molar-refractivity contribution in [1.29, 1.82) is 0 Å². The first-order valence-electron chi connectivity index (χ1n) is 4.66. The topological polar surface area (TPSA) is 124 Å². The average molecular weight is 289 g/mol. The molecule has 0 saturated heterocycles. The molecule has 0 radical (unpaired) electrons. The van der Waals surface area contributed by atoms with E-state index in [1.54, 1.807) is 0 Å². The first kappa shape index (κ1) is 16.4. The summed E-state index contributed by atoms with van der Waals surface area (Å²) in [5, 5.41) is 10.5. The molecule has 8 nitrogen and oxygen atoms in total. The van der Waals surface area contributed by atoms with Crippen LogP contribution in [0.5, 0.6) is 0 Å². The SMILES string of the molecule is CC(C)(COS(=O)(=O)CCCS(=O)O)[N+](=O)[O-]. The minimum Gasteiger partial charge on any atom is -0.306 e. The number of rotatable bonds is 8. The monoisotopic (exact) mass is 289 g/mol. The minimum absolute atomic E-state index is 0.0374. The van der Waals surface area contributed by atoms with Crippen LogP contribution in [0.4, 0.5) is 0 Å². The molecule has 0 aliphatic carbocycles. The highest BCUT2D eigenvalue weighted by Gasteiger charge is 2.33. The fourth-order valence-corrected chi connectivity index (χ4v) is 2.36. The molecule has 0 rings (SSSR count). The van der Waals surface area contributed by atoms with Gasteiger partial charge in [-0.1, -0.05) is 0 Å². The zero-order chi connectivity index (χ0) is 13.7. The summed E-state index contributed by atoms with van der Waals surface area (Å²) < 4.78 is 45.7. The van der Waals surface area contributed by atoms with E-state index in [0.29, 0.717) is 0 Å². The van der Waals surface area contributed by atoms with E-state index in [-0.39, 0.29) is 12.2 Å². The summed E-state index contributed by atoms with van der Waals surface area (Å²) in [6.07, 6.45) is -0.0374. The maximum Gasteiger partial charge on any atom is 0.267 e. The molecule has 1 atom stereocenters. The summed E-state index contributed by atoms with van der Waals surface area (Å²) in [5.74, 6) is -0.617. The summed E-state index contributed by atoms with van der Waals surface area (Å²) in [5.41, 5.74) is -1.49. The summed E-state index contributed by atoms with van der Waals surface area (Å²) >= 11 is -2.06. The number of hydrogen-bond acceptors (Lipinski definition) is 6. The van der Waals surface area contributed by atoms with Crippen molar-refractivity contribution in [2.75, 3.05) is 18.1 Å². The van der Waals surface area contributed by atoms with E-state index in [9.17, 15) is 22.7 Å². The predicted octanol–water partition coefficient (Wildman–Crippen LogP) is -0.0001000. The lowest BCUT2D eigenvalue weighted by atomic mass is 10.1. The highest BCUT2D eigenvalue weighted by molar-refractivity contribution is 7.86. The Labute approximate surface area is 102 Å². The highest BCUT2D eigenvalue weighted by atomic mass is 32.2. The van der Waals surface area contributed by atoms with E-state index in [2.05, 4.69) is 4.18 Å². The Morgan fingerprint density at radius 2 is 2.00 bits per heavy atom. The fourth-order valence-electron chi connectivity index (χ4n) is 0.705. The Bertz CT molecular complexity index is 389. The van der Waals surface area contributed by atoms with Gasteiger partial charge in [-0.2, -0.15) is 8.42 Å². The summed E-state index contributed by atoms with van der Waals surface area (Å²) in [6.45, 7) is 1.92. The first-order chi connectivity index (χ1) is 7.57. The molecular weight excluding hydrogens is 274 g/mol. The Kier molecular flexibility index (Phi) is 6.16. The Balaban J connectivity index is 4.19. The second kappa shape index (κ2) is 6.38. The van der Waals surface area contributed by atoms with Gasteiger partial charge in [0.05, 0.1) is 11.5 Å². The minimum atomic E-state index is -3.89. The van der Waals surface area contributed by atoms with Crippen molar-refractivity contribution in [3.8, 4) is 0 Å². The molecule has 0 aromatic rings. The van der Waals surface area contributed by atoms with E-state index in [0.717, 1.165) is 0 Å². The van der Waals surface area contributed by atoms with Crippen molar-refractivity contribution >= 4 is 21.2 Å². The van der Waals surface area contributed by atoms with Crippen molar-refractivity contribution in [2.45, 2.75) is 25.8 Å². The van der Waals surface area contributed by atoms with Crippen LogP contribution in [-0.2, 0) is 25.4 Å². The largest absolute Gasteiger partial charge is 0.306 e. The molecule has 0 saturated carbocycles. The molecule has 102 valence electrons. The molecule has 0 fully saturated rings. The third-order valence-electron chi connectivity index (χ3n) is 1.80. The quantitative estimate of drug-likeness (QED) is 0.288. The lowest BCUT2D eigenvalue weighted by Crippen LogP contribution is -2.37. The van der Waals surface area contributed by atoms with Crippen molar-refractivity contribution in [1.82, 2.24) is 0 Å². The maximum atomic E-state index is 11.3. The number of nitrogens with zero attached hydrogens (tertiary/aromatic N) is 1. The van der Waals surface area contributed by atoms with Gasteiger partial charge in [0.1, 0.15) is 6.61 Å². The molecule has 17 heavy (non-hydrogen) atoms. The van der Waals surface area contributed by atoms with E-state index in [1.807, 2.05) is 0 Å². The van der Waals surface area contributed by atoms with Gasteiger partial charge in [-0.05, 0) is 6.42 Å². The third kappa shape index (κ3) is 7.36. The maximum absolute atomic E-state index is 11.3. The molecule has 10 heteroatoms. The molecule has 0 aromatic carbocycles. The molecule has 1 unspecified atom stereocenters. The summed E-state index contributed by atoms with van der Waals surface area (Å²) in [7, 11) is -3.89. The standard InChI is InChI=1S/C7H15NO7S2/c1-7(2,8(9)10)6-15-17(13,14)5-3-4-16(11)12/h3-6H2,1-2H3,(H,11,12). The van der Waals surface area contributed by atoms with Crippen LogP contribution >= 0.6 is 0 Å². The molecule has 0 heterocycles. The first-order valence-corrected chi connectivity index (χ1v) is 7.51. The normalized spacial score (nSPS) is 14.5. The smallest absolute Gasteiger partial charge is 0.267 e. The molecule has 0 aliphatic rings. The Morgan fingerprint density at radius 1 is 1.47 bits per heavy atom. The van der Waals surface area contributed by atoms with Crippen LogP contribution in [0.25, 0.3) is 0 Å². The van der Waals surface area contributed by atoms with Crippen LogP contribution in [-0.4, -0.2) is 45.8 Å². The highest BCUT2D eigenvalue weighted by Crippen LogP contribution is 2.10. The molecule has 0 amide bonds. The molecule has 0 bridgehead atoms. The van der Waals surface area contributed by atoms with Crippen molar-refractivity contribution in [3.63, 3.8) is 0 Å².